The predicted octanol–water partition coefficient (Wildman–Crippen LogP) is 4.52. The first-order valence-corrected chi connectivity index (χ1v) is 12.3. The molecule has 1 aromatic carbocycles. The van der Waals surface area contributed by atoms with E-state index in [2.05, 4.69) is 10.3 Å². The standard InChI is InChI=1S/C23H29N3O3S/c27-23(18-7-2-1-3-8-18)25-20-11-13-21(14-12-20)30(28,29)26-16-5-4-10-22(26)19-9-6-15-24-17-19/h6,9,11-15,17-18,22H,1-5,7-8,10,16H2,(H,25,27)/t22-/m1/s1. The van der Waals surface area contributed by atoms with Crippen molar-refractivity contribution in [3.63, 3.8) is 0 Å². The van der Waals surface area contributed by atoms with Crippen LogP contribution in [0.1, 0.15) is 63.0 Å². The second kappa shape index (κ2) is 9.27. The molecule has 2 heterocycles. The molecule has 2 aromatic rings. The molecule has 1 aliphatic carbocycles. The van der Waals surface area contributed by atoms with Gasteiger partial charge >= 0.3 is 0 Å². The van der Waals surface area contributed by atoms with E-state index in [1.165, 1.54) is 6.42 Å². The minimum atomic E-state index is -3.63. The Hall–Kier alpha value is -2.25. The molecule has 6 nitrogen and oxygen atoms in total. The molecule has 1 aromatic heterocycles. The van der Waals surface area contributed by atoms with E-state index in [-0.39, 0.29) is 22.8 Å². The Morgan fingerprint density at radius 3 is 2.40 bits per heavy atom. The number of aromatic nitrogens is 1. The molecule has 30 heavy (non-hydrogen) atoms. The first-order valence-electron chi connectivity index (χ1n) is 10.9. The summed E-state index contributed by atoms with van der Waals surface area (Å²) in [6, 6.07) is 10.2. The number of rotatable bonds is 5. The van der Waals surface area contributed by atoms with Crippen molar-refractivity contribution in [3.05, 3.63) is 54.4 Å². The predicted molar refractivity (Wildman–Crippen MR) is 116 cm³/mol. The highest BCUT2D eigenvalue weighted by Gasteiger charge is 2.34. The van der Waals surface area contributed by atoms with Crippen molar-refractivity contribution in [2.45, 2.75) is 62.3 Å². The van der Waals surface area contributed by atoms with Crippen molar-refractivity contribution in [3.8, 4) is 0 Å². The Bertz CT molecular complexity index is 955. The normalized spacial score (nSPS) is 21.3. The third kappa shape index (κ3) is 4.57. The summed E-state index contributed by atoms with van der Waals surface area (Å²) >= 11 is 0. The van der Waals surface area contributed by atoms with Gasteiger partial charge < -0.3 is 5.32 Å². The van der Waals surface area contributed by atoms with E-state index < -0.39 is 10.0 Å². The van der Waals surface area contributed by atoms with Crippen LogP contribution in [0.15, 0.2) is 53.7 Å². The third-order valence-corrected chi connectivity index (χ3v) is 8.15. The fourth-order valence-corrected chi connectivity index (χ4v) is 6.24. The van der Waals surface area contributed by atoms with Crippen LogP contribution in [-0.2, 0) is 14.8 Å². The lowest BCUT2D eigenvalue weighted by Gasteiger charge is -2.34. The number of nitrogens with one attached hydrogen (secondary N) is 1. The molecule has 4 rings (SSSR count). The molecule has 1 aliphatic heterocycles. The molecule has 7 heteroatoms. The van der Waals surface area contributed by atoms with Gasteiger partial charge in [-0.2, -0.15) is 4.31 Å². The number of carbonyl (C=O) groups is 1. The van der Waals surface area contributed by atoms with Gasteiger partial charge in [0.05, 0.1) is 10.9 Å². The first-order chi connectivity index (χ1) is 14.6. The van der Waals surface area contributed by atoms with Gasteiger partial charge in [0.15, 0.2) is 0 Å². The number of carbonyl (C=O) groups excluding carboxylic acids is 1. The number of pyridine rings is 1. The second-order valence-corrected chi connectivity index (χ2v) is 10.2. The summed E-state index contributed by atoms with van der Waals surface area (Å²) in [6.45, 7) is 0.502. The average molecular weight is 428 g/mol. The maximum atomic E-state index is 13.4. The lowest BCUT2D eigenvalue weighted by molar-refractivity contribution is -0.120. The summed E-state index contributed by atoms with van der Waals surface area (Å²) < 4.78 is 28.3. The average Bonchev–Trinajstić information content (AvgIpc) is 2.80. The molecule has 0 unspecified atom stereocenters. The maximum absolute atomic E-state index is 13.4. The van der Waals surface area contributed by atoms with Gasteiger partial charge in [0, 0.05) is 30.5 Å². The zero-order chi connectivity index (χ0) is 21.0. The molecule has 1 N–H and O–H groups in total. The van der Waals surface area contributed by atoms with E-state index >= 15 is 0 Å². The van der Waals surface area contributed by atoms with Crippen molar-refractivity contribution in [1.29, 1.82) is 0 Å². The quantitative estimate of drug-likeness (QED) is 0.761. The first kappa shape index (κ1) is 21.0. The molecule has 1 amide bonds. The van der Waals surface area contributed by atoms with Gasteiger partial charge in [0.25, 0.3) is 0 Å². The van der Waals surface area contributed by atoms with E-state index in [0.717, 1.165) is 50.5 Å². The number of benzene rings is 1. The Labute approximate surface area is 178 Å². The molecule has 2 fully saturated rings. The molecule has 0 spiro atoms. The van der Waals surface area contributed by atoms with Crippen molar-refractivity contribution < 1.29 is 13.2 Å². The minimum Gasteiger partial charge on any atom is -0.326 e. The van der Waals surface area contributed by atoms with E-state index in [9.17, 15) is 13.2 Å². The SMILES string of the molecule is O=C(Nc1ccc(S(=O)(=O)N2CCCC[C@@H]2c2cccnc2)cc1)C1CCCCC1. The highest BCUT2D eigenvalue weighted by Crippen LogP contribution is 2.35. The molecule has 0 bridgehead atoms. The number of piperidine rings is 1. The topological polar surface area (TPSA) is 79.4 Å². The summed E-state index contributed by atoms with van der Waals surface area (Å²) in [7, 11) is -3.63. The molecule has 1 saturated heterocycles. The van der Waals surface area contributed by atoms with Crippen molar-refractivity contribution in [2.75, 3.05) is 11.9 Å². The number of amides is 1. The molecule has 160 valence electrons. The van der Waals surface area contributed by atoms with Gasteiger partial charge in [-0.1, -0.05) is 31.7 Å². The highest BCUT2D eigenvalue weighted by atomic mass is 32.2. The number of anilines is 1. The van der Waals surface area contributed by atoms with Gasteiger partial charge in [-0.3, -0.25) is 9.78 Å². The monoisotopic (exact) mass is 427 g/mol. The van der Waals surface area contributed by atoms with Crippen LogP contribution in [0.2, 0.25) is 0 Å². The number of hydrogen-bond acceptors (Lipinski definition) is 4. The van der Waals surface area contributed by atoms with Crippen LogP contribution in [0.3, 0.4) is 0 Å². The van der Waals surface area contributed by atoms with Crippen molar-refractivity contribution >= 4 is 21.6 Å². The van der Waals surface area contributed by atoms with E-state index in [4.69, 9.17) is 0 Å². The Kier molecular flexibility index (Phi) is 6.49. The van der Waals surface area contributed by atoms with Crippen molar-refractivity contribution in [2.24, 2.45) is 5.92 Å². The van der Waals surface area contributed by atoms with E-state index in [1.54, 1.807) is 41.0 Å². The third-order valence-electron chi connectivity index (χ3n) is 6.23. The van der Waals surface area contributed by atoms with Gasteiger partial charge in [-0.25, -0.2) is 8.42 Å². The summed E-state index contributed by atoms with van der Waals surface area (Å²) in [5, 5.41) is 2.95. The van der Waals surface area contributed by atoms with E-state index in [1.807, 2.05) is 12.1 Å². The summed E-state index contributed by atoms with van der Waals surface area (Å²) in [6.07, 6.45) is 11.4. The fraction of sp³-hybridized carbons (Fsp3) is 0.478. The Morgan fingerprint density at radius 1 is 0.967 bits per heavy atom. The molecule has 0 radical (unpaired) electrons. The van der Waals surface area contributed by atoms with Crippen LogP contribution >= 0.6 is 0 Å². The largest absolute Gasteiger partial charge is 0.326 e. The second-order valence-electron chi connectivity index (χ2n) is 8.26. The zero-order valence-corrected chi connectivity index (χ0v) is 18.0. The number of nitrogens with zero attached hydrogens (tertiary/aromatic N) is 2. The molecular weight excluding hydrogens is 398 g/mol. The smallest absolute Gasteiger partial charge is 0.243 e. The van der Waals surface area contributed by atoms with Gasteiger partial charge in [-0.05, 0) is 61.6 Å². The summed E-state index contributed by atoms with van der Waals surface area (Å²) in [5.41, 5.74) is 1.57. The lowest BCUT2D eigenvalue weighted by atomic mass is 9.88. The highest BCUT2D eigenvalue weighted by molar-refractivity contribution is 7.89. The molecule has 1 atom stereocenters. The van der Waals surface area contributed by atoms with Crippen molar-refractivity contribution in [1.82, 2.24) is 9.29 Å². The molecule has 2 aliphatic rings. The number of sulfonamides is 1. The maximum Gasteiger partial charge on any atom is 0.243 e. The Balaban J connectivity index is 1.50. The Morgan fingerprint density at radius 2 is 1.70 bits per heavy atom. The van der Waals surface area contributed by atoms with Gasteiger partial charge in [-0.15, -0.1) is 0 Å². The van der Waals surface area contributed by atoms with Crippen LogP contribution < -0.4 is 5.32 Å². The van der Waals surface area contributed by atoms with Gasteiger partial charge in [0.2, 0.25) is 15.9 Å². The van der Waals surface area contributed by atoms with Crippen LogP contribution in [-0.4, -0.2) is 30.2 Å². The molecular formula is C23H29N3O3S. The minimum absolute atomic E-state index is 0.0398. The summed E-state index contributed by atoms with van der Waals surface area (Å²) in [5.74, 6) is 0.105. The summed E-state index contributed by atoms with van der Waals surface area (Å²) in [4.78, 5) is 16.9. The fourth-order valence-electron chi connectivity index (χ4n) is 4.55. The van der Waals surface area contributed by atoms with Gasteiger partial charge in [0.1, 0.15) is 0 Å². The number of hydrogen-bond donors (Lipinski definition) is 1. The zero-order valence-electron chi connectivity index (χ0n) is 17.2. The van der Waals surface area contributed by atoms with Crippen LogP contribution in [0.25, 0.3) is 0 Å². The van der Waals surface area contributed by atoms with Crippen LogP contribution in [0.4, 0.5) is 5.69 Å². The van der Waals surface area contributed by atoms with Crippen LogP contribution in [0.5, 0.6) is 0 Å². The van der Waals surface area contributed by atoms with Crippen LogP contribution in [0, 0.1) is 5.92 Å². The lowest BCUT2D eigenvalue weighted by Crippen LogP contribution is -2.38. The molecule has 1 saturated carbocycles. The van der Waals surface area contributed by atoms with E-state index in [0.29, 0.717) is 12.2 Å².